The third-order valence-corrected chi connectivity index (χ3v) is 4.84. The van der Waals surface area contributed by atoms with E-state index in [0.717, 1.165) is 12.0 Å². The Balaban J connectivity index is 1.65. The lowest BCUT2D eigenvalue weighted by Crippen LogP contribution is -2.37. The normalized spacial score (nSPS) is 12.9. The van der Waals surface area contributed by atoms with Crippen LogP contribution in [-0.4, -0.2) is 37.5 Å². The number of ether oxygens (including phenoxy) is 2. The van der Waals surface area contributed by atoms with Gasteiger partial charge in [-0.2, -0.15) is 0 Å². The predicted octanol–water partition coefficient (Wildman–Crippen LogP) is 3.27. The van der Waals surface area contributed by atoms with E-state index in [-0.39, 0.29) is 12.3 Å². The summed E-state index contributed by atoms with van der Waals surface area (Å²) in [5, 5.41) is 3.07. The van der Waals surface area contributed by atoms with Crippen LogP contribution in [0.25, 0.3) is 0 Å². The van der Waals surface area contributed by atoms with Gasteiger partial charge < -0.3 is 19.7 Å². The Morgan fingerprint density at radius 2 is 1.81 bits per heavy atom. The van der Waals surface area contributed by atoms with Crippen LogP contribution in [0.1, 0.15) is 17.5 Å². The number of rotatable bonds is 5. The van der Waals surface area contributed by atoms with Crippen molar-refractivity contribution in [3.8, 4) is 11.5 Å². The fourth-order valence-electron chi connectivity index (χ4n) is 3.11. The fourth-order valence-corrected chi connectivity index (χ4v) is 3.34. The second-order valence-corrected chi connectivity index (χ2v) is 6.65. The molecule has 2 aromatic carbocycles. The van der Waals surface area contributed by atoms with Crippen molar-refractivity contribution in [1.29, 1.82) is 0 Å². The van der Waals surface area contributed by atoms with Gasteiger partial charge in [0.1, 0.15) is 17.9 Å². The molecule has 0 aromatic heterocycles. The fraction of sp³-hybridized carbons (Fsp3) is 0.300. The predicted molar refractivity (Wildman–Crippen MR) is 103 cm³/mol. The monoisotopic (exact) mass is 388 g/mol. The number of benzene rings is 2. The number of halogens is 1. The molecule has 0 fully saturated rings. The summed E-state index contributed by atoms with van der Waals surface area (Å²) in [5.41, 5.74) is 2.78. The van der Waals surface area contributed by atoms with Gasteiger partial charge in [-0.05, 0) is 17.5 Å². The largest absolute Gasteiger partial charge is 0.495 e. The third kappa shape index (κ3) is 4.34. The maximum absolute atomic E-state index is 12.5. The van der Waals surface area contributed by atoms with E-state index in [0.29, 0.717) is 35.3 Å². The second kappa shape index (κ2) is 8.31. The average molecular weight is 389 g/mol. The van der Waals surface area contributed by atoms with Crippen LogP contribution in [0.15, 0.2) is 36.4 Å². The Kier molecular flexibility index (Phi) is 5.86. The third-order valence-electron chi connectivity index (χ3n) is 4.54. The Labute approximate surface area is 163 Å². The van der Waals surface area contributed by atoms with Gasteiger partial charge in [0.25, 0.3) is 0 Å². The Morgan fingerprint density at radius 1 is 1.11 bits per heavy atom. The summed E-state index contributed by atoms with van der Waals surface area (Å²) in [7, 11) is 2.96. The summed E-state index contributed by atoms with van der Waals surface area (Å²) in [5.74, 6) is 0.184. The van der Waals surface area contributed by atoms with Crippen LogP contribution in [0.4, 0.5) is 5.69 Å². The molecule has 0 aliphatic carbocycles. The molecule has 1 N–H and O–H groups in total. The first kappa shape index (κ1) is 19.0. The molecule has 3 rings (SSSR count). The van der Waals surface area contributed by atoms with Gasteiger partial charge in [-0.1, -0.05) is 35.9 Å². The summed E-state index contributed by atoms with van der Waals surface area (Å²) >= 11 is 6.07. The van der Waals surface area contributed by atoms with E-state index in [1.54, 1.807) is 17.0 Å². The minimum absolute atomic E-state index is 0.207. The number of amides is 2. The molecule has 0 saturated carbocycles. The van der Waals surface area contributed by atoms with Crippen molar-refractivity contribution in [2.24, 2.45) is 0 Å². The lowest BCUT2D eigenvalue weighted by Gasteiger charge is -2.28. The van der Waals surface area contributed by atoms with Gasteiger partial charge in [0.05, 0.1) is 24.9 Å². The topological polar surface area (TPSA) is 67.9 Å². The smallest absolute Gasteiger partial charge is 0.233 e. The summed E-state index contributed by atoms with van der Waals surface area (Å²) in [6.07, 6.45) is 0.558. The molecule has 0 bridgehead atoms. The van der Waals surface area contributed by atoms with E-state index in [1.807, 2.05) is 18.2 Å². The van der Waals surface area contributed by atoms with Crippen LogP contribution in [0.3, 0.4) is 0 Å². The van der Waals surface area contributed by atoms with Crippen LogP contribution < -0.4 is 14.8 Å². The van der Waals surface area contributed by atoms with E-state index >= 15 is 0 Å². The lowest BCUT2D eigenvalue weighted by molar-refractivity contribution is -0.135. The SMILES string of the molecule is COc1cc(NC(=O)CC(=O)N2CCc3ccccc3C2)c(OC)cc1Cl. The first-order chi connectivity index (χ1) is 13.0. The number of carbonyl (C=O) groups is 2. The van der Waals surface area contributed by atoms with Crippen molar-refractivity contribution in [3.05, 3.63) is 52.5 Å². The summed E-state index contributed by atoms with van der Waals surface area (Å²) < 4.78 is 10.4. The highest BCUT2D eigenvalue weighted by atomic mass is 35.5. The molecular formula is C20H21ClN2O4. The number of nitrogens with one attached hydrogen (secondary N) is 1. The standard InChI is InChI=1S/C20H21ClN2O4/c1-26-17-10-16(18(27-2)9-15(17)21)22-19(24)11-20(25)23-8-7-13-5-3-4-6-14(13)12-23/h3-6,9-10H,7-8,11-12H2,1-2H3,(H,22,24). The van der Waals surface area contributed by atoms with Gasteiger partial charge in [-0.15, -0.1) is 0 Å². The van der Waals surface area contributed by atoms with Gasteiger partial charge in [0.2, 0.25) is 11.8 Å². The Hall–Kier alpha value is -2.73. The molecule has 6 nitrogen and oxygen atoms in total. The molecule has 1 heterocycles. The number of nitrogens with zero attached hydrogens (tertiary/aromatic N) is 1. The second-order valence-electron chi connectivity index (χ2n) is 6.25. The van der Waals surface area contributed by atoms with Crippen LogP contribution in [0.5, 0.6) is 11.5 Å². The Bertz CT molecular complexity index is 869. The molecule has 2 aromatic rings. The number of methoxy groups -OCH3 is 2. The minimum atomic E-state index is -0.415. The molecule has 1 aliphatic heterocycles. The highest BCUT2D eigenvalue weighted by molar-refractivity contribution is 6.32. The van der Waals surface area contributed by atoms with Crippen LogP contribution in [0, 0.1) is 0 Å². The van der Waals surface area contributed by atoms with Crippen molar-refractivity contribution in [3.63, 3.8) is 0 Å². The molecule has 1 aliphatic rings. The van der Waals surface area contributed by atoms with Crippen LogP contribution >= 0.6 is 11.6 Å². The molecule has 2 amide bonds. The highest BCUT2D eigenvalue weighted by Gasteiger charge is 2.23. The van der Waals surface area contributed by atoms with E-state index in [9.17, 15) is 9.59 Å². The maximum atomic E-state index is 12.5. The van der Waals surface area contributed by atoms with E-state index in [4.69, 9.17) is 21.1 Å². The maximum Gasteiger partial charge on any atom is 0.233 e. The summed E-state index contributed by atoms with van der Waals surface area (Å²) in [4.78, 5) is 26.6. The van der Waals surface area contributed by atoms with Gasteiger partial charge in [-0.25, -0.2) is 0 Å². The molecular weight excluding hydrogens is 368 g/mol. The quantitative estimate of drug-likeness (QED) is 0.798. The Morgan fingerprint density at radius 3 is 2.52 bits per heavy atom. The minimum Gasteiger partial charge on any atom is -0.495 e. The van der Waals surface area contributed by atoms with Crippen molar-refractivity contribution >= 4 is 29.1 Å². The van der Waals surface area contributed by atoms with Crippen LogP contribution in [0.2, 0.25) is 5.02 Å². The van der Waals surface area contributed by atoms with Crippen molar-refractivity contribution in [1.82, 2.24) is 4.90 Å². The van der Waals surface area contributed by atoms with Crippen molar-refractivity contribution < 1.29 is 19.1 Å². The molecule has 0 spiro atoms. The number of hydrogen-bond donors (Lipinski definition) is 1. The first-order valence-electron chi connectivity index (χ1n) is 8.57. The van der Waals surface area contributed by atoms with Gasteiger partial charge in [0.15, 0.2) is 0 Å². The molecule has 0 saturated heterocycles. The molecule has 27 heavy (non-hydrogen) atoms. The first-order valence-corrected chi connectivity index (χ1v) is 8.95. The summed E-state index contributed by atoms with van der Waals surface area (Å²) in [6, 6.07) is 11.2. The van der Waals surface area contributed by atoms with Crippen molar-refractivity contribution in [2.45, 2.75) is 19.4 Å². The zero-order valence-electron chi connectivity index (χ0n) is 15.3. The highest BCUT2D eigenvalue weighted by Crippen LogP contribution is 2.35. The van der Waals surface area contributed by atoms with Gasteiger partial charge in [0, 0.05) is 25.2 Å². The number of carbonyl (C=O) groups excluding carboxylic acids is 2. The van der Waals surface area contributed by atoms with Crippen LogP contribution in [-0.2, 0) is 22.6 Å². The zero-order valence-corrected chi connectivity index (χ0v) is 16.0. The molecule has 142 valence electrons. The zero-order chi connectivity index (χ0) is 19.4. The van der Waals surface area contributed by atoms with E-state index in [2.05, 4.69) is 11.4 Å². The van der Waals surface area contributed by atoms with E-state index < -0.39 is 5.91 Å². The molecule has 0 atom stereocenters. The number of fused-ring (bicyclic) bond motifs is 1. The van der Waals surface area contributed by atoms with Gasteiger partial charge >= 0.3 is 0 Å². The molecule has 0 radical (unpaired) electrons. The van der Waals surface area contributed by atoms with Crippen molar-refractivity contribution in [2.75, 3.05) is 26.1 Å². The lowest BCUT2D eigenvalue weighted by atomic mass is 10.00. The number of hydrogen-bond acceptors (Lipinski definition) is 4. The van der Waals surface area contributed by atoms with Gasteiger partial charge in [-0.3, -0.25) is 9.59 Å². The van der Waals surface area contributed by atoms with E-state index in [1.165, 1.54) is 19.8 Å². The number of anilines is 1. The summed E-state index contributed by atoms with van der Waals surface area (Å²) in [6.45, 7) is 1.14. The molecule has 0 unspecified atom stereocenters. The average Bonchev–Trinajstić information content (AvgIpc) is 2.68. The molecule has 7 heteroatoms.